The van der Waals surface area contributed by atoms with Crippen LogP contribution in [0.3, 0.4) is 0 Å². The van der Waals surface area contributed by atoms with Crippen molar-refractivity contribution >= 4 is 33.3 Å². The third-order valence-corrected chi connectivity index (χ3v) is 3.69. The summed E-state index contributed by atoms with van der Waals surface area (Å²) in [5.74, 6) is -1.90. The third-order valence-electron chi connectivity index (χ3n) is 3.08. The third kappa shape index (κ3) is 1.94. The van der Waals surface area contributed by atoms with E-state index in [0.717, 1.165) is 11.6 Å². The van der Waals surface area contributed by atoms with Crippen molar-refractivity contribution in [2.75, 3.05) is 4.90 Å². The molecule has 2 aromatic rings. The Hall–Kier alpha value is -2.02. The number of carbonyl (C=O) groups is 2. The number of aromatic nitrogens is 2. The number of rotatable bonds is 2. The van der Waals surface area contributed by atoms with Crippen LogP contribution in [-0.4, -0.2) is 21.5 Å². The number of hydrogen-bond donors (Lipinski definition) is 0. The molecule has 1 aliphatic heterocycles. The van der Waals surface area contributed by atoms with Gasteiger partial charge < -0.3 is 0 Å². The Balaban J connectivity index is 2.06. The Morgan fingerprint density at radius 2 is 2.10 bits per heavy atom. The summed E-state index contributed by atoms with van der Waals surface area (Å²) in [6, 6.07) is 2.32. The lowest BCUT2D eigenvalue weighted by Gasteiger charge is -2.16. The molecule has 0 radical (unpaired) electrons. The molecule has 0 N–H and O–H groups in total. The predicted molar refractivity (Wildman–Crippen MR) is 72.8 cm³/mol. The van der Waals surface area contributed by atoms with Crippen LogP contribution in [0.2, 0.25) is 0 Å². The molecule has 0 bridgehead atoms. The topological polar surface area (TPSA) is 55.2 Å². The zero-order chi connectivity index (χ0) is 14.4. The van der Waals surface area contributed by atoms with Crippen molar-refractivity contribution in [3.8, 4) is 0 Å². The number of nitrogens with zero attached hydrogens (tertiary/aromatic N) is 3. The van der Waals surface area contributed by atoms with Crippen molar-refractivity contribution in [1.29, 1.82) is 0 Å². The molecular formula is C13H9BrFN3O2. The van der Waals surface area contributed by atoms with E-state index in [1.807, 2.05) is 0 Å². The number of benzene rings is 1. The molecule has 3 rings (SSSR count). The Morgan fingerprint density at radius 3 is 2.75 bits per heavy atom. The molecule has 7 heteroatoms. The van der Waals surface area contributed by atoms with Crippen molar-refractivity contribution in [3.05, 3.63) is 45.9 Å². The first-order valence-electron chi connectivity index (χ1n) is 5.80. The number of hydrogen-bond acceptors (Lipinski definition) is 3. The maximum absolute atomic E-state index is 13.4. The summed E-state index contributed by atoms with van der Waals surface area (Å²) < 4.78 is 15.3. The highest BCUT2D eigenvalue weighted by atomic mass is 79.9. The van der Waals surface area contributed by atoms with Crippen LogP contribution < -0.4 is 4.90 Å². The van der Waals surface area contributed by atoms with E-state index in [4.69, 9.17) is 0 Å². The molecule has 2 heterocycles. The molecule has 102 valence electrons. The van der Waals surface area contributed by atoms with Gasteiger partial charge in [0.25, 0.3) is 11.7 Å². The molecule has 5 nitrogen and oxygen atoms in total. The van der Waals surface area contributed by atoms with E-state index in [0.29, 0.717) is 10.2 Å². The van der Waals surface area contributed by atoms with Crippen LogP contribution in [0, 0.1) is 5.82 Å². The molecule has 0 saturated heterocycles. The van der Waals surface area contributed by atoms with E-state index in [1.54, 1.807) is 24.1 Å². The number of amides is 1. The molecule has 0 unspecified atom stereocenters. The van der Waals surface area contributed by atoms with Crippen LogP contribution in [0.15, 0.2) is 29.0 Å². The lowest BCUT2D eigenvalue weighted by molar-refractivity contribution is -0.114. The van der Waals surface area contributed by atoms with Crippen LogP contribution >= 0.6 is 15.9 Å². The summed E-state index contributed by atoms with van der Waals surface area (Å²) in [5.41, 5.74) is 1.29. The van der Waals surface area contributed by atoms with Gasteiger partial charge in [0.05, 0.1) is 24.0 Å². The summed E-state index contributed by atoms with van der Waals surface area (Å²) in [6.45, 7) is 0.218. The smallest absolute Gasteiger partial charge is 0.299 e. The fourth-order valence-corrected chi connectivity index (χ4v) is 2.89. The lowest BCUT2D eigenvalue weighted by atomic mass is 10.1. The van der Waals surface area contributed by atoms with Gasteiger partial charge in [0, 0.05) is 23.3 Å². The first-order valence-corrected chi connectivity index (χ1v) is 6.59. The zero-order valence-electron chi connectivity index (χ0n) is 10.4. The standard InChI is InChI=1S/C13H9BrFN3O2/c1-17-5-7(4-16-17)6-18-11-9(12(19)13(18)20)2-8(15)3-10(11)14/h2-5H,6H2,1H3. The highest BCUT2D eigenvalue weighted by molar-refractivity contribution is 9.10. The minimum absolute atomic E-state index is 0.0887. The average molecular weight is 338 g/mol. The number of Topliss-reactive ketones (excluding diaryl/α,β-unsaturated/α-hetero) is 1. The number of aryl methyl sites for hydroxylation is 1. The second-order valence-electron chi connectivity index (χ2n) is 4.53. The van der Waals surface area contributed by atoms with Gasteiger partial charge in [-0.1, -0.05) is 0 Å². The summed E-state index contributed by atoms with van der Waals surface area (Å²) >= 11 is 3.21. The molecule has 1 aliphatic rings. The summed E-state index contributed by atoms with van der Waals surface area (Å²) in [5, 5.41) is 4.02. The first kappa shape index (κ1) is 13.0. The Bertz CT molecular complexity index is 741. The summed E-state index contributed by atoms with van der Waals surface area (Å²) in [4.78, 5) is 25.3. The highest BCUT2D eigenvalue weighted by Gasteiger charge is 2.38. The lowest BCUT2D eigenvalue weighted by Crippen LogP contribution is -2.29. The molecule has 20 heavy (non-hydrogen) atoms. The van der Waals surface area contributed by atoms with Gasteiger partial charge in [0.15, 0.2) is 0 Å². The van der Waals surface area contributed by atoms with Crippen LogP contribution in [0.1, 0.15) is 15.9 Å². The normalized spacial score (nSPS) is 14.1. The van der Waals surface area contributed by atoms with Gasteiger partial charge in [0.1, 0.15) is 5.82 Å². The highest BCUT2D eigenvalue weighted by Crippen LogP contribution is 2.37. The minimum atomic E-state index is -0.691. The van der Waals surface area contributed by atoms with Gasteiger partial charge in [-0.15, -0.1) is 0 Å². The maximum Gasteiger partial charge on any atom is 0.299 e. The second kappa shape index (κ2) is 4.52. The van der Waals surface area contributed by atoms with Crippen molar-refractivity contribution in [3.63, 3.8) is 0 Å². The SMILES string of the molecule is Cn1cc(CN2C(=O)C(=O)c3cc(F)cc(Br)c32)cn1. The second-order valence-corrected chi connectivity index (χ2v) is 5.38. The molecule has 0 fully saturated rings. The van der Waals surface area contributed by atoms with Crippen molar-refractivity contribution in [2.45, 2.75) is 6.54 Å². The van der Waals surface area contributed by atoms with Crippen molar-refractivity contribution in [2.24, 2.45) is 7.05 Å². The number of halogens is 2. The molecule has 1 aromatic carbocycles. The minimum Gasteiger partial charge on any atom is -0.299 e. The largest absolute Gasteiger partial charge is 0.299 e. The fourth-order valence-electron chi connectivity index (χ4n) is 2.24. The van der Waals surface area contributed by atoms with Crippen LogP contribution in [-0.2, 0) is 18.4 Å². The molecule has 1 amide bonds. The summed E-state index contributed by atoms with van der Waals surface area (Å²) in [7, 11) is 1.76. The van der Waals surface area contributed by atoms with E-state index in [9.17, 15) is 14.0 Å². The molecule has 1 aromatic heterocycles. The van der Waals surface area contributed by atoms with E-state index >= 15 is 0 Å². The van der Waals surface area contributed by atoms with Gasteiger partial charge in [-0.05, 0) is 28.1 Å². The van der Waals surface area contributed by atoms with Crippen LogP contribution in [0.5, 0.6) is 0 Å². The van der Waals surface area contributed by atoms with Crippen LogP contribution in [0.25, 0.3) is 0 Å². The van der Waals surface area contributed by atoms with E-state index in [2.05, 4.69) is 21.0 Å². The molecule has 0 spiro atoms. The fraction of sp³-hybridized carbons (Fsp3) is 0.154. The maximum atomic E-state index is 13.4. The number of ketones is 1. The van der Waals surface area contributed by atoms with Crippen molar-refractivity contribution in [1.82, 2.24) is 9.78 Å². The monoisotopic (exact) mass is 337 g/mol. The van der Waals surface area contributed by atoms with E-state index in [-0.39, 0.29) is 12.1 Å². The van der Waals surface area contributed by atoms with Gasteiger partial charge >= 0.3 is 0 Å². The van der Waals surface area contributed by atoms with Crippen molar-refractivity contribution < 1.29 is 14.0 Å². The van der Waals surface area contributed by atoms with E-state index < -0.39 is 17.5 Å². The number of anilines is 1. The Labute approximate surface area is 122 Å². The van der Waals surface area contributed by atoms with Crippen LogP contribution in [0.4, 0.5) is 10.1 Å². The Kier molecular flexibility index (Phi) is 2.93. The molecule has 0 atom stereocenters. The number of fused-ring (bicyclic) bond motifs is 1. The predicted octanol–water partition coefficient (Wildman–Crippen LogP) is 2.05. The molecular weight excluding hydrogens is 329 g/mol. The van der Waals surface area contributed by atoms with Gasteiger partial charge in [0.2, 0.25) is 0 Å². The average Bonchev–Trinajstić information content (AvgIpc) is 2.88. The summed E-state index contributed by atoms with van der Waals surface area (Å²) in [6.07, 6.45) is 3.38. The van der Waals surface area contributed by atoms with Gasteiger partial charge in [-0.2, -0.15) is 5.10 Å². The first-order chi connectivity index (χ1) is 9.47. The Morgan fingerprint density at radius 1 is 1.35 bits per heavy atom. The quantitative estimate of drug-likeness (QED) is 0.788. The number of carbonyl (C=O) groups excluding carboxylic acids is 2. The van der Waals surface area contributed by atoms with Gasteiger partial charge in [-0.3, -0.25) is 19.2 Å². The zero-order valence-corrected chi connectivity index (χ0v) is 12.0. The van der Waals surface area contributed by atoms with Gasteiger partial charge in [-0.25, -0.2) is 4.39 Å². The van der Waals surface area contributed by atoms with E-state index in [1.165, 1.54) is 11.0 Å². The molecule has 0 saturated carbocycles. The molecule has 0 aliphatic carbocycles.